The molecule has 1 heterocycles. The first-order valence-electron chi connectivity index (χ1n) is 7.45. The maximum absolute atomic E-state index is 5.86. The summed E-state index contributed by atoms with van der Waals surface area (Å²) in [5, 5.41) is 3.25. The number of rotatable bonds is 5. The quantitative estimate of drug-likeness (QED) is 0.913. The molecule has 0 fully saturated rings. The summed E-state index contributed by atoms with van der Waals surface area (Å²) in [5.41, 5.74) is 2.45. The Morgan fingerprint density at radius 3 is 2.86 bits per heavy atom. The molecule has 3 nitrogen and oxygen atoms in total. The van der Waals surface area contributed by atoms with Crippen LogP contribution in [0, 0.1) is 0 Å². The van der Waals surface area contributed by atoms with Gasteiger partial charge in [0.15, 0.2) is 0 Å². The van der Waals surface area contributed by atoms with Crippen molar-refractivity contribution >= 4 is 0 Å². The monoisotopic (exact) mass is 283 g/mol. The molecule has 3 rings (SSSR count). The maximum atomic E-state index is 5.86. The van der Waals surface area contributed by atoms with Crippen LogP contribution in [0.15, 0.2) is 48.5 Å². The minimum absolute atomic E-state index is 0.530. The van der Waals surface area contributed by atoms with Crippen LogP contribution in [0.3, 0.4) is 0 Å². The van der Waals surface area contributed by atoms with Crippen LogP contribution >= 0.6 is 0 Å². The molecule has 0 radical (unpaired) electrons. The Bertz CT molecular complexity index is 583. The number of fused-ring (bicyclic) bond motifs is 1. The molecule has 1 N–H and O–H groups in total. The van der Waals surface area contributed by atoms with Crippen LogP contribution in [0.5, 0.6) is 11.5 Å². The Balaban J connectivity index is 1.71. The van der Waals surface area contributed by atoms with Crippen molar-refractivity contribution in [2.75, 3.05) is 20.2 Å². The summed E-state index contributed by atoms with van der Waals surface area (Å²) in [6.45, 7) is 2.35. The van der Waals surface area contributed by atoms with E-state index in [4.69, 9.17) is 9.47 Å². The molecular weight excluding hydrogens is 262 g/mol. The van der Waals surface area contributed by atoms with Gasteiger partial charge in [0, 0.05) is 18.5 Å². The fourth-order valence-corrected chi connectivity index (χ4v) is 2.73. The van der Waals surface area contributed by atoms with Gasteiger partial charge in [-0.1, -0.05) is 36.4 Å². The summed E-state index contributed by atoms with van der Waals surface area (Å²) in [6, 6.07) is 16.4. The molecule has 1 unspecified atom stereocenters. The van der Waals surface area contributed by atoms with Gasteiger partial charge in [0.2, 0.25) is 0 Å². The van der Waals surface area contributed by atoms with E-state index in [1.54, 1.807) is 0 Å². The molecule has 0 aliphatic carbocycles. The molecule has 1 atom stereocenters. The molecule has 110 valence electrons. The third-order valence-electron chi connectivity index (χ3n) is 3.85. The lowest BCUT2D eigenvalue weighted by Crippen LogP contribution is -2.23. The normalized spacial score (nSPS) is 16.9. The van der Waals surface area contributed by atoms with Gasteiger partial charge in [-0.2, -0.15) is 0 Å². The number of nitrogens with one attached hydrogen (secondary N) is 1. The molecule has 0 saturated heterocycles. The minimum Gasteiger partial charge on any atom is -0.493 e. The molecule has 2 aromatic carbocycles. The summed E-state index contributed by atoms with van der Waals surface area (Å²) < 4.78 is 11.6. The minimum atomic E-state index is 0.530. The topological polar surface area (TPSA) is 30.5 Å². The highest BCUT2D eigenvalue weighted by molar-refractivity contribution is 5.44. The highest BCUT2D eigenvalue weighted by Gasteiger charge is 2.21. The van der Waals surface area contributed by atoms with Gasteiger partial charge >= 0.3 is 0 Å². The van der Waals surface area contributed by atoms with Crippen molar-refractivity contribution in [3.63, 3.8) is 0 Å². The first-order valence-corrected chi connectivity index (χ1v) is 7.45. The Morgan fingerprint density at radius 2 is 2.05 bits per heavy atom. The molecular formula is C18H21NO2. The summed E-state index contributed by atoms with van der Waals surface area (Å²) >= 11 is 0. The largest absolute Gasteiger partial charge is 0.493 e. The van der Waals surface area contributed by atoms with Crippen molar-refractivity contribution < 1.29 is 9.47 Å². The van der Waals surface area contributed by atoms with Gasteiger partial charge in [-0.15, -0.1) is 0 Å². The van der Waals surface area contributed by atoms with E-state index in [2.05, 4.69) is 23.5 Å². The first kappa shape index (κ1) is 14.0. The summed E-state index contributed by atoms with van der Waals surface area (Å²) in [4.78, 5) is 0. The molecule has 21 heavy (non-hydrogen) atoms. The Hall–Kier alpha value is -2.00. The standard InChI is InChI=1S/C18H21NO2/c1-19-12-15-9-10-20-18-11-16(7-8-17(15)18)21-13-14-5-3-2-4-6-14/h2-8,11,15,19H,9-10,12-13H2,1H3. The van der Waals surface area contributed by atoms with Gasteiger partial charge in [-0.05, 0) is 30.7 Å². The van der Waals surface area contributed by atoms with E-state index in [-0.39, 0.29) is 0 Å². The molecule has 1 aliphatic heterocycles. The number of benzene rings is 2. The van der Waals surface area contributed by atoms with Gasteiger partial charge in [-0.25, -0.2) is 0 Å². The zero-order chi connectivity index (χ0) is 14.5. The van der Waals surface area contributed by atoms with E-state index >= 15 is 0 Å². The van der Waals surface area contributed by atoms with E-state index in [9.17, 15) is 0 Å². The van der Waals surface area contributed by atoms with Crippen LogP contribution in [-0.4, -0.2) is 20.2 Å². The van der Waals surface area contributed by atoms with Crippen LogP contribution in [0.4, 0.5) is 0 Å². The van der Waals surface area contributed by atoms with Crippen molar-refractivity contribution in [2.24, 2.45) is 0 Å². The van der Waals surface area contributed by atoms with Crippen LogP contribution in [0.25, 0.3) is 0 Å². The van der Waals surface area contributed by atoms with Crippen molar-refractivity contribution in [3.05, 3.63) is 59.7 Å². The lowest BCUT2D eigenvalue weighted by atomic mass is 9.93. The second-order valence-corrected chi connectivity index (χ2v) is 5.37. The smallest absolute Gasteiger partial charge is 0.126 e. The number of ether oxygens (including phenoxy) is 2. The van der Waals surface area contributed by atoms with Crippen LogP contribution in [0.1, 0.15) is 23.5 Å². The molecule has 0 bridgehead atoms. The molecule has 0 amide bonds. The highest BCUT2D eigenvalue weighted by atomic mass is 16.5. The molecule has 0 aromatic heterocycles. The SMILES string of the molecule is CNCC1CCOc2cc(OCc3ccccc3)ccc21. The average molecular weight is 283 g/mol. The number of hydrogen-bond acceptors (Lipinski definition) is 3. The van der Waals surface area contributed by atoms with Gasteiger partial charge in [0.1, 0.15) is 18.1 Å². The second-order valence-electron chi connectivity index (χ2n) is 5.37. The Morgan fingerprint density at radius 1 is 1.19 bits per heavy atom. The Kier molecular flexibility index (Phi) is 4.41. The maximum Gasteiger partial charge on any atom is 0.126 e. The zero-order valence-electron chi connectivity index (χ0n) is 12.3. The van der Waals surface area contributed by atoms with E-state index in [1.807, 2.05) is 37.4 Å². The van der Waals surface area contributed by atoms with Crippen molar-refractivity contribution in [1.29, 1.82) is 0 Å². The van der Waals surface area contributed by atoms with E-state index in [1.165, 1.54) is 11.1 Å². The predicted octanol–water partition coefficient (Wildman–Crippen LogP) is 3.35. The van der Waals surface area contributed by atoms with Crippen LogP contribution in [0.2, 0.25) is 0 Å². The van der Waals surface area contributed by atoms with E-state index in [0.29, 0.717) is 12.5 Å². The van der Waals surface area contributed by atoms with Crippen LogP contribution in [-0.2, 0) is 6.61 Å². The number of likely N-dealkylation sites (N-methyl/N-ethyl adjacent to an activating group) is 1. The van der Waals surface area contributed by atoms with E-state index in [0.717, 1.165) is 31.1 Å². The molecule has 3 heteroatoms. The van der Waals surface area contributed by atoms with Crippen molar-refractivity contribution in [2.45, 2.75) is 18.9 Å². The first-order chi connectivity index (χ1) is 10.4. The summed E-state index contributed by atoms with van der Waals surface area (Å²) in [5.74, 6) is 2.36. The van der Waals surface area contributed by atoms with Crippen molar-refractivity contribution in [1.82, 2.24) is 5.32 Å². The summed E-state index contributed by atoms with van der Waals surface area (Å²) in [6.07, 6.45) is 1.07. The molecule has 0 spiro atoms. The predicted molar refractivity (Wildman–Crippen MR) is 84.0 cm³/mol. The van der Waals surface area contributed by atoms with Gasteiger partial charge in [-0.3, -0.25) is 0 Å². The second kappa shape index (κ2) is 6.64. The Labute approximate surface area is 125 Å². The molecule has 0 saturated carbocycles. The summed E-state index contributed by atoms with van der Waals surface area (Å²) in [7, 11) is 1.99. The fourth-order valence-electron chi connectivity index (χ4n) is 2.73. The lowest BCUT2D eigenvalue weighted by Gasteiger charge is -2.26. The average Bonchev–Trinajstić information content (AvgIpc) is 2.54. The van der Waals surface area contributed by atoms with Crippen molar-refractivity contribution in [3.8, 4) is 11.5 Å². The van der Waals surface area contributed by atoms with Gasteiger partial charge in [0.05, 0.1) is 6.61 Å². The highest BCUT2D eigenvalue weighted by Crippen LogP contribution is 2.36. The van der Waals surface area contributed by atoms with Gasteiger partial charge in [0.25, 0.3) is 0 Å². The molecule has 1 aliphatic rings. The molecule has 2 aromatic rings. The number of hydrogen-bond donors (Lipinski definition) is 1. The lowest BCUT2D eigenvalue weighted by molar-refractivity contribution is 0.260. The fraction of sp³-hybridized carbons (Fsp3) is 0.333. The zero-order valence-corrected chi connectivity index (χ0v) is 12.3. The third-order valence-corrected chi connectivity index (χ3v) is 3.85. The van der Waals surface area contributed by atoms with Gasteiger partial charge < -0.3 is 14.8 Å². The van der Waals surface area contributed by atoms with E-state index < -0.39 is 0 Å². The van der Waals surface area contributed by atoms with Crippen LogP contribution < -0.4 is 14.8 Å². The third kappa shape index (κ3) is 3.37.